The monoisotopic (exact) mass is 273 g/mol. The van der Waals surface area contributed by atoms with E-state index in [2.05, 4.69) is 4.98 Å². The van der Waals surface area contributed by atoms with E-state index in [0.717, 1.165) is 11.3 Å². The van der Waals surface area contributed by atoms with E-state index in [0.29, 0.717) is 19.0 Å². The fraction of sp³-hybridized carbons (Fsp3) is 0.200. The molecule has 1 N–H and O–H groups in total. The maximum atomic E-state index is 10.8. The van der Waals surface area contributed by atoms with Gasteiger partial charge in [0, 0.05) is 6.20 Å². The average molecular weight is 273 g/mol. The van der Waals surface area contributed by atoms with Crippen LogP contribution in [0, 0.1) is 0 Å². The SMILES string of the molecule is CCOc1ccc(COc2cncc(C(=O)O)c2)cc1. The Morgan fingerprint density at radius 3 is 2.55 bits per heavy atom. The van der Waals surface area contributed by atoms with E-state index < -0.39 is 5.97 Å². The van der Waals surface area contributed by atoms with Crippen LogP contribution in [0.5, 0.6) is 11.5 Å². The lowest BCUT2D eigenvalue weighted by atomic mass is 10.2. The normalized spacial score (nSPS) is 10.1. The van der Waals surface area contributed by atoms with E-state index >= 15 is 0 Å². The number of carbonyl (C=O) groups is 1. The van der Waals surface area contributed by atoms with Crippen molar-refractivity contribution in [3.8, 4) is 11.5 Å². The molecule has 1 aromatic carbocycles. The predicted molar refractivity (Wildman–Crippen MR) is 73.1 cm³/mol. The third kappa shape index (κ3) is 3.71. The van der Waals surface area contributed by atoms with E-state index in [1.54, 1.807) is 0 Å². The summed E-state index contributed by atoms with van der Waals surface area (Å²) in [5.41, 5.74) is 1.07. The molecule has 20 heavy (non-hydrogen) atoms. The minimum absolute atomic E-state index is 0.106. The van der Waals surface area contributed by atoms with Crippen LogP contribution in [-0.2, 0) is 6.61 Å². The number of nitrogens with zero attached hydrogens (tertiary/aromatic N) is 1. The highest BCUT2D eigenvalue weighted by Gasteiger charge is 2.05. The Kier molecular flexibility index (Phi) is 4.55. The number of benzene rings is 1. The lowest BCUT2D eigenvalue weighted by Crippen LogP contribution is -2.00. The van der Waals surface area contributed by atoms with Gasteiger partial charge in [-0.2, -0.15) is 0 Å². The van der Waals surface area contributed by atoms with Crippen LogP contribution in [0.15, 0.2) is 42.7 Å². The molecule has 0 radical (unpaired) electrons. The molecule has 104 valence electrons. The maximum Gasteiger partial charge on any atom is 0.337 e. The Balaban J connectivity index is 1.97. The van der Waals surface area contributed by atoms with Crippen molar-refractivity contribution in [3.05, 3.63) is 53.9 Å². The molecule has 0 atom stereocenters. The van der Waals surface area contributed by atoms with Crippen LogP contribution < -0.4 is 9.47 Å². The number of aromatic carboxylic acids is 1. The molecular formula is C15H15NO4. The molecule has 5 heteroatoms. The summed E-state index contributed by atoms with van der Waals surface area (Å²) < 4.78 is 10.9. The van der Waals surface area contributed by atoms with Gasteiger partial charge in [0.05, 0.1) is 18.4 Å². The third-order valence-corrected chi connectivity index (χ3v) is 2.60. The molecule has 0 unspecified atom stereocenters. The Morgan fingerprint density at radius 2 is 1.90 bits per heavy atom. The van der Waals surface area contributed by atoms with Gasteiger partial charge in [-0.25, -0.2) is 4.79 Å². The largest absolute Gasteiger partial charge is 0.494 e. The highest BCUT2D eigenvalue weighted by Crippen LogP contribution is 2.16. The number of aromatic nitrogens is 1. The van der Waals surface area contributed by atoms with Crippen molar-refractivity contribution in [3.63, 3.8) is 0 Å². The summed E-state index contributed by atoms with van der Waals surface area (Å²) in [7, 11) is 0. The molecule has 0 saturated carbocycles. The molecule has 1 heterocycles. The number of hydrogen-bond acceptors (Lipinski definition) is 4. The smallest absolute Gasteiger partial charge is 0.337 e. The molecule has 1 aromatic heterocycles. The fourth-order valence-corrected chi connectivity index (χ4v) is 1.63. The highest BCUT2D eigenvalue weighted by atomic mass is 16.5. The Hall–Kier alpha value is -2.56. The summed E-state index contributed by atoms with van der Waals surface area (Å²) in [5, 5.41) is 8.87. The number of carboxylic acids is 1. The topological polar surface area (TPSA) is 68.7 Å². The molecule has 0 aliphatic rings. The predicted octanol–water partition coefficient (Wildman–Crippen LogP) is 2.76. The molecule has 0 amide bonds. The first-order valence-electron chi connectivity index (χ1n) is 6.22. The molecular weight excluding hydrogens is 258 g/mol. The summed E-state index contributed by atoms with van der Waals surface area (Å²) in [4.78, 5) is 14.6. The molecule has 0 spiro atoms. The highest BCUT2D eigenvalue weighted by molar-refractivity contribution is 5.87. The van der Waals surface area contributed by atoms with Crippen molar-refractivity contribution in [2.75, 3.05) is 6.61 Å². The quantitative estimate of drug-likeness (QED) is 0.876. The van der Waals surface area contributed by atoms with E-state index in [1.165, 1.54) is 18.5 Å². The van der Waals surface area contributed by atoms with Crippen molar-refractivity contribution in [1.29, 1.82) is 0 Å². The lowest BCUT2D eigenvalue weighted by molar-refractivity contribution is 0.0696. The van der Waals surface area contributed by atoms with Crippen molar-refractivity contribution in [2.45, 2.75) is 13.5 Å². The van der Waals surface area contributed by atoms with E-state index in [1.807, 2.05) is 31.2 Å². The molecule has 0 aliphatic heterocycles. The molecule has 0 fully saturated rings. The van der Waals surface area contributed by atoms with E-state index in [-0.39, 0.29) is 5.56 Å². The van der Waals surface area contributed by atoms with Crippen LogP contribution >= 0.6 is 0 Å². The molecule has 0 aliphatic carbocycles. The number of ether oxygens (including phenoxy) is 2. The van der Waals surface area contributed by atoms with Gasteiger partial charge in [0.1, 0.15) is 18.1 Å². The fourth-order valence-electron chi connectivity index (χ4n) is 1.63. The third-order valence-electron chi connectivity index (χ3n) is 2.60. The van der Waals surface area contributed by atoms with Gasteiger partial charge in [0.15, 0.2) is 0 Å². The summed E-state index contributed by atoms with van der Waals surface area (Å²) in [6, 6.07) is 8.99. The van der Waals surface area contributed by atoms with Crippen LogP contribution in [0.1, 0.15) is 22.8 Å². The Morgan fingerprint density at radius 1 is 1.15 bits per heavy atom. The average Bonchev–Trinajstić information content (AvgIpc) is 2.47. The Bertz CT molecular complexity index is 581. The van der Waals surface area contributed by atoms with Gasteiger partial charge in [-0.05, 0) is 30.7 Å². The van der Waals surface area contributed by atoms with Crippen molar-refractivity contribution in [1.82, 2.24) is 4.98 Å². The first kappa shape index (κ1) is 13.9. The molecule has 5 nitrogen and oxygen atoms in total. The van der Waals surface area contributed by atoms with Gasteiger partial charge < -0.3 is 14.6 Å². The zero-order chi connectivity index (χ0) is 14.4. The summed E-state index contributed by atoms with van der Waals surface area (Å²) in [5.74, 6) is 0.216. The summed E-state index contributed by atoms with van der Waals surface area (Å²) in [6.07, 6.45) is 2.77. The van der Waals surface area contributed by atoms with E-state index in [9.17, 15) is 4.79 Å². The van der Waals surface area contributed by atoms with Crippen LogP contribution in [-0.4, -0.2) is 22.7 Å². The number of carboxylic acid groups (broad SMARTS) is 1. The van der Waals surface area contributed by atoms with E-state index in [4.69, 9.17) is 14.6 Å². The second-order valence-corrected chi connectivity index (χ2v) is 4.08. The minimum Gasteiger partial charge on any atom is -0.494 e. The standard InChI is InChI=1S/C15H15NO4/c1-2-19-13-5-3-11(4-6-13)10-20-14-7-12(15(17)18)8-16-9-14/h3-9H,2,10H2,1H3,(H,17,18). The van der Waals surface area contributed by atoms with Crippen LogP contribution in [0.2, 0.25) is 0 Å². The molecule has 2 rings (SSSR count). The van der Waals surface area contributed by atoms with Crippen LogP contribution in [0.3, 0.4) is 0 Å². The van der Waals surface area contributed by atoms with Gasteiger partial charge >= 0.3 is 5.97 Å². The van der Waals surface area contributed by atoms with Gasteiger partial charge in [-0.1, -0.05) is 12.1 Å². The summed E-state index contributed by atoms with van der Waals surface area (Å²) >= 11 is 0. The van der Waals surface area contributed by atoms with Crippen molar-refractivity contribution >= 4 is 5.97 Å². The molecule has 0 saturated heterocycles. The van der Waals surface area contributed by atoms with Gasteiger partial charge in [0.2, 0.25) is 0 Å². The molecule has 0 bridgehead atoms. The minimum atomic E-state index is -1.02. The zero-order valence-electron chi connectivity index (χ0n) is 11.1. The maximum absolute atomic E-state index is 10.8. The number of rotatable bonds is 6. The van der Waals surface area contributed by atoms with Crippen molar-refractivity contribution in [2.24, 2.45) is 0 Å². The summed E-state index contributed by atoms with van der Waals surface area (Å²) in [6.45, 7) is 2.90. The first-order valence-corrected chi connectivity index (χ1v) is 6.22. The first-order chi connectivity index (χ1) is 9.69. The number of hydrogen-bond donors (Lipinski definition) is 1. The molecule has 2 aromatic rings. The second-order valence-electron chi connectivity index (χ2n) is 4.08. The van der Waals surface area contributed by atoms with Gasteiger partial charge in [-0.15, -0.1) is 0 Å². The van der Waals surface area contributed by atoms with Gasteiger partial charge in [-0.3, -0.25) is 4.98 Å². The van der Waals surface area contributed by atoms with Crippen LogP contribution in [0.25, 0.3) is 0 Å². The van der Waals surface area contributed by atoms with Crippen LogP contribution in [0.4, 0.5) is 0 Å². The van der Waals surface area contributed by atoms with Crippen molar-refractivity contribution < 1.29 is 19.4 Å². The zero-order valence-corrected chi connectivity index (χ0v) is 11.1. The second kappa shape index (κ2) is 6.56. The van der Waals surface area contributed by atoms with Gasteiger partial charge in [0.25, 0.3) is 0 Å². The number of pyridine rings is 1. The lowest BCUT2D eigenvalue weighted by Gasteiger charge is -2.07. The Labute approximate surface area is 116 Å².